The van der Waals surface area contributed by atoms with Crippen molar-refractivity contribution >= 4 is 16.5 Å². The molecule has 0 fully saturated rings. The molecule has 0 saturated heterocycles. The van der Waals surface area contributed by atoms with Crippen LogP contribution >= 0.6 is 0 Å². The summed E-state index contributed by atoms with van der Waals surface area (Å²) in [6.07, 6.45) is 0. The topological polar surface area (TPSA) is 26.0 Å². The highest BCUT2D eigenvalue weighted by Gasteiger charge is 2.19. The second-order valence-electron chi connectivity index (χ2n) is 5.16. The third-order valence-corrected chi connectivity index (χ3v) is 2.76. The van der Waals surface area contributed by atoms with Gasteiger partial charge in [-0.15, -0.1) is 0 Å². The Labute approximate surface area is 95.1 Å². The van der Waals surface area contributed by atoms with Crippen molar-refractivity contribution in [2.75, 3.05) is 5.73 Å². The standard InChI is InChI=1S/C14H16FN/c1-14(2,3)11-8-10(16)7-9-5-4-6-12(15)13(9)11/h4-8H,16H2,1-3H3. The number of nitrogen functional groups attached to an aromatic ring is 1. The van der Waals surface area contributed by atoms with E-state index in [0.717, 1.165) is 10.9 Å². The lowest BCUT2D eigenvalue weighted by Gasteiger charge is -2.22. The minimum atomic E-state index is -0.178. The van der Waals surface area contributed by atoms with Crippen LogP contribution < -0.4 is 5.73 Å². The molecule has 0 amide bonds. The normalized spacial score (nSPS) is 12.0. The van der Waals surface area contributed by atoms with E-state index < -0.39 is 0 Å². The van der Waals surface area contributed by atoms with Gasteiger partial charge in [-0.2, -0.15) is 0 Å². The van der Waals surface area contributed by atoms with Gasteiger partial charge < -0.3 is 5.73 Å². The molecule has 2 heteroatoms. The lowest BCUT2D eigenvalue weighted by atomic mass is 9.83. The van der Waals surface area contributed by atoms with E-state index in [1.165, 1.54) is 6.07 Å². The van der Waals surface area contributed by atoms with Crippen LogP contribution in [-0.2, 0) is 5.41 Å². The number of hydrogen-bond donors (Lipinski definition) is 1. The second kappa shape index (κ2) is 3.48. The van der Waals surface area contributed by atoms with Crippen LogP contribution in [0.25, 0.3) is 10.8 Å². The molecule has 0 heterocycles. The minimum Gasteiger partial charge on any atom is -0.399 e. The van der Waals surface area contributed by atoms with E-state index in [1.807, 2.05) is 18.2 Å². The molecule has 0 aliphatic heterocycles. The molecule has 0 spiro atoms. The first-order chi connectivity index (χ1) is 7.39. The van der Waals surface area contributed by atoms with Gasteiger partial charge in [0.05, 0.1) is 0 Å². The van der Waals surface area contributed by atoms with Crippen molar-refractivity contribution in [1.29, 1.82) is 0 Å². The molecular weight excluding hydrogens is 201 g/mol. The summed E-state index contributed by atoms with van der Waals surface area (Å²) in [5.74, 6) is -0.178. The molecule has 2 aromatic rings. The highest BCUT2D eigenvalue weighted by atomic mass is 19.1. The van der Waals surface area contributed by atoms with Crippen molar-refractivity contribution in [3.05, 3.63) is 41.7 Å². The van der Waals surface area contributed by atoms with Crippen molar-refractivity contribution in [1.82, 2.24) is 0 Å². The third kappa shape index (κ3) is 1.75. The van der Waals surface area contributed by atoms with Crippen molar-refractivity contribution in [3.8, 4) is 0 Å². The number of nitrogens with two attached hydrogens (primary N) is 1. The summed E-state index contributed by atoms with van der Waals surface area (Å²) in [5, 5.41) is 1.55. The molecule has 0 unspecified atom stereocenters. The maximum Gasteiger partial charge on any atom is 0.131 e. The SMILES string of the molecule is CC(C)(C)c1cc(N)cc2cccc(F)c12. The zero-order valence-corrected chi connectivity index (χ0v) is 9.84. The van der Waals surface area contributed by atoms with E-state index in [0.29, 0.717) is 11.1 Å². The Morgan fingerprint density at radius 2 is 1.81 bits per heavy atom. The van der Waals surface area contributed by atoms with Crippen molar-refractivity contribution in [2.24, 2.45) is 0 Å². The van der Waals surface area contributed by atoms with Gasteiger partial charge in [-0.3, -0.25) is 0 Å². The fourth-order valence-corrected chi connectivity index (χ4v) is 2.00. The largest absolute Gasteiger partial charge is 0.399 e. The Kier molecular flexibility index (Phi) is 2.38. The molecule has 0 atom stereocenters. The van der Waals surface area contributed by atoms with Crippen LogP contribution in [0, 0.1) is 5.82 Å². The number of benzene rings is 2. The average molecular weight is 217 g/mol. The first-order valence-electron chi connectivity index (χ1n) is 5.38. The molecule has 2 N–H and O–H groups in total. The van der Waals surface area contributed by atoms with E-state index >= 15 is 0 Å². The van der Waals surface area contributed by atoms with Crippen LogP contribution in [0.5, 0.6) is 0 Å². The number of halogens is 1. The smallest absolute Gasteiger partial charge is 0.131 e. The maximum absolute atomic E-state index is 13.9. The molecule has 84 valence electrons. The van der Waals surface area contributed by atoms with Crippen LogP contribution in [0.2, 0.25) is 0 Å². The van der Waals surface area contributed by atoms with Gasteiger partial charge in [-0.05, 0) is 34.6 Å². The Morgan fingerprint density at radius 1 is 1.12 bits per heavy atom. The number of hydrogen-bond acceptors (Lipinski definition) is 1. The monoisotopic (exact) mass is 217 g/mol. The Bertz CT molecular complexity index is 538. The van der Waals surface area contributed by atoms with Crippen molar-refractivity contribution in [2.45, 2.75) is 26.2 Å². The van der Waals surface area contributed by atoms with Crippen LogP contribution in [0.4, 0.5) is 10.1 Å². The predicted octanol–water partition coefficient (Wildman–Crippen LogP) is 3.86. The summed E-state index contributed by atoms with van der Waals surface area (Å²) < 4.78 is 13.9. The van der Waals surface area contributed by atoms with E-state index in [4.69, 9.17) is 5.73 Å². The Hall–Kier alpha value is -1.57. The Morgan fingerprint density at radius 3 is 2.44 bits per heavy atom. The van der Waals surface area contributed by atoms with E-state index in [1.54, 1.807) is 6.07 Å². The molecule has 0 aromatic heterocycles. The van der Waals surface area contributed by atoms with E-state index in [-0.39, 0.29) is 11.2 Å². The molecule has 0 aliphatic rings. The van der Waals surface area contributed by atoms with Crippen molar-refractivity contribution < 1.29 is 4.39 Å². The fourth-order valence-electron chi connectivity index (χ4n) is 2.00. The second-order valence-corrected chi connectivity index (χ2v) is 5.16. The predicted molar refractivity (Wildman–Crippen MR) is 67.0 cm³/mol. The summed E-state index contributed by atoms with van der Waals surface area (Å²) in [7, 11) is 0. The van der Waals surface area contributed by atoms with Crippen molar-refractivity contribution in [3.63, 3.8) is 0 Å². The summed E-state index contributed by atoms with van der Waals surface area (Å²) in [6, 6.07) is 8.78. The first kappa shape index (κ1) is 10.9. The van der Waals surface area contributed by atoms with Crippen LogP contribution in [-0.4, -0.2) is 0 Å². The van der Waals surface area contributed by atoms with Crippen LogP contribution in [0.1, 0.15) is 26.3 Å². The molecule has 16 heavy (non-hydrogen) atoms. The van der Waals surface area contributed by atoms with Crippen LogP contribution in [0.15, 0.2) is 30.3 Å². The highest BCUT2D eigenvalue weighted by Crippen LogP contribution is 2.33. The van der Waals surface area contributed by atoms with Gasteiger partial charge in [0, 0.05) is 11.1 Å². The molecule has 0 saturated carbocycles. The zero-order chi connectivity index (χ0) is 11.9. The zero-order valence-electron chi connectivity index (χ0n) is 9.84. The molecule has 0 radical (unpaired) electrons. The van der Waals surface area contributed by atoms with Gasteiger partial charge in [-0.1, -0.05) is 32.9 Å². The van der Waals surface area contributed by atoms with Gasteiger partial charge in [0.15, 0.2) is 0 Å². The fraction of sp³-hybridized carbons (Fsp3) is 0.286. The maximum atomic E-state index is 13.9. The number of anilines is 1. The van der Waals surface area contributed by atoms with Gasteiger partial charge in [-0.25, -0.2) is 4.39 Å². The molecule has 2 rings (SSSR count). The van der Waals surface area contributed by atoms with E-state index in [9.17, 15) is 4.39 Å². The summed E-state index contributed by atoms with van der Waals surface area (Å²) >= 11 is 0. The summed E-state index contributed by atoms with van der Waals surface area (Å²) in [5.41, 5.74) is 7.38. The third-order valence-electron chi connectivity index (χ3n) is 2.76. The highest BCUT2D eigenvalue weighted by molar-refractivity contribution is 5.90. The van der Waals surface area contributed by atoms with Gasteiger partial charge in [0.2, 0.25) is 0 Å². The first-order valence-corrected chi connectivity index (χ1v) is 5.38. The quantitative estimate of drug-likeness (QED) is 0.666. The summed E-state index contributed by atoms with van der Waals surface area (Å²) in [4.78, 5) is 0. The lowest BCUT2D eigenvalue weighted by molar-refractivity contribution is 0.587. The molecule has 0 bridgehead atoms. The Balaban J connectivity index is 2.91. The average Bonchev–Trinajstić information content (AvgIpc) is 2.15. The van der Waals surface area contributed by atoms with Gasteiger partial charge in [0.25, 0.3) is 0 Å². The summed E-state index contributed by atoms with van der Waals surface area (Å²) in [6.45, 7) is 6.19. The van der Waals surface area contributed by atoms with Crippen LogP contribution in [0.3, 0.4) is 0 Å². The molecule has 1 nitrogen and oxygen atoms in total. The van der Waals surface area contributed by atoms with Gasteiger partial charge >= 0.3 is 0 Å². The lowest BCUT2D eigenvalue weighted by Crippen LogP contribution is -2.13. The van der Waals surface area contributed by atoms with Gasteiger partial charge in [0.1, 0.15) is 5.82 Å². The number of fused-ring (bicyclic) bond motifs is 1. The molecular formula is C14H16FN. The molecule has 0 aliphatic carbocycles. The van der Waals surface area contributed by atoms with E-state index in [2.05, 4.69) is 20.8 Å². The minimum absolute atomic E-state index is 0.115. The molecule has 2 aromatic carbocycles. The number of rotatable bonds is 0.